The molecular weight excluding hydrogens is 230 g/mol. The van der Waals surface area contributed by atoms with Gasteiger partial charge in [-0.25, -0.2) is 0 Å². The van der Waals surface area contributed by atoms with Gasteiger partial charge in [0, 0.05) is 11.3 Å². The Morgan fingerprint density at radius 3 is 2.88 bits per heavy atom. The molecule has 1 aromatic heterocycles. The van der Waals surface area contributed by atoms with Crippen LogP contribution in [0.4, 0.5) is 0 Å². The lowest BCUT2D eigenvalue weighted by Crippen LogP contribution is -2.29. The van der Waals surface area contributed by atoms with E-state index in [1.54, 1.807) is 11.3 Å². The van der Waals surface area contributed by atoms with Gasteiger partial charge < -0.3 is 10.1 Å². The highest BCUT2D eigenvalue weighted by Gasteiger charge is 2.20. The quantitative estimate of drug-likeness (QED) is 0.874. The predicted octanol–water partition coefficient (Wildman–Crippen LogP) is 3.59. The number of hydrogen-bond donors (Lipinski definition) is 1. The van der Waals surface area contributed by atoms with E-state index in [0.717, 1.165) is 6.61 Å². The van der Waals surface area contributed by atoms with Gasteiger partial charge in [-0.2, -0.15) is 0 Å². The molecule has 1 heterocycles. The topological polar surface area (TPSA) is 21.3 Å². The summed E-state index contributed by atoms with van der Waals surface area (Å²) in [4.78, 5) is 0. The second kappa shape index (κ2) is 5.63. The molecule has 0 aliphatic carbocycles. The third-order valence-corrected chi connectivity index (χ3v) is 4.03. The minimum Gasteiger partial charge on any atom is -0.377 e. The highest BCUT2D eigenvalue weighted by Crippen LogP contribution is 2.31. The van der Waals surface area contributed by atoms with E-state index in [0.29, 0.717) is 0 Å². The van der Waals surface area contributed by atoms with Crippen molar-refractivity contribution >= 4 is 21.4 Å². The number of likely N-dealkylation sites (N-methyl/N-ethyl adjacent to an activating group) is 1. The van der Waals surface area contributed by atoms with Gasteiger partial charge in [-0.15, -0.1) is 11.3 Å². The molecular formula is C14H19NOS. The monoisotopic (exact) mass is 249 g/mol. The van der Waals surface area contributed by atoms with E-state index < -0.39 is 0 Å². The zero-order valence-corrected chi connectivity index (χ0v) is 11.4. The van der Waals surface area contributed by atoms with Crippen molar-refractivity contribution in [3.05, 3.63) is 35.2 Å². The zero-order chi connectivity index (χ0) is 12.3. The maximum absolute atomic E-state index is 5.72. The van der Waals surface area contributed by atoms with Crippen LogP contribution in [0.5, 0.6) is 0 Å². The van der Waals surface area contributed by atoms with Crippen molar-refractivity contribution in [3.63, 3.8) is 0 Å². The van der Waals surface area contributed by atoms with E-state index in [2.05, 4.69) is 41.9 Å². The molecule has 2 atom stereocenters. The van der Waals surface area contributed by atoms with Gasteiger partial charge in [-0.05, 0) is 43.3 Å². The summed E-state index contributed by atoms with van der Waals surface area (Å²) in [6.45, 7) is 4.91. The van der Waals surface area contributed by atoms with E-state index in [1.165, 1.54) is 15.6 Å². The third-order valence-electron chi connectivity index (χ3n) is 3.05. The van der Waals surface area contributed by atoms with Crippen LogP contribution in [0.25, 0.3) is 10.1 Å². The minimum absolute atomic E-state index is 0.178. The Bertz CT molecular complexity index is 480. The molecule has 17 heavy (non-hydrogen) atoms. The molecule has 2 unspecified atom stereocenters. The molecule has 1 aromatic carbocycles. The van der Waals surface area contributed by atoms with Crippen molar-refractivity contribution < 1.29 is 4.74 Å². The largest absolute Gasteiger partial charge is 0.377 e. The lowest BCUT2D eigenvalue weighted by Gasteiger charge is -2.24. The molecule has 0 radical (unpaired) electrons. The standard InChI is InChI=1S/C14H19NOS/c1-4-16-10(2)13(15-3)12-7-5-6-11-8-9-17-14(11)12/h5-10,13,15H,4H2,1-3H3. The summed E-state index contributed by atoms with van der Waals surface area (Å²) in [6, 6.07) is 8.88. The first kappa shape index (κ1) is 12.6. The average molecular weight is 249 g/mol. The van der Waals surface area contributed by atoms with Gasteiger partial charge in [0.15, 0.2) is 0 Å². The molecule has 92 valence electrons. The molecule has 2 aromatic rings. The van der Waals surface area contributed by atoms with Gasteiger partial charge in [0.1, 0.15) is 0 Å². The van der Waals surface area contributed by atoms with E-state index in [1.807, 2.05) is 14.0 Å². The summed E-state index contributed by atoms with van der Waals surface area (Å²) in [5.41, 5.74) is 1.33. The zero-order valence-electron chi connectivity index (χ0n) is 10.6. The number of rotatable bonds is 5. The highest BCUT2D eigenvalue weighted by molar-refractivity contribution is 7.17. The summed E-state index contributed by atoms with van der Waals surface area (Å²) in [5, 5.41) is 6.83. The van der Waals surface area contributed by atoms with Crippen molar-refractivity contribution in [2.75, 3.05) is 13.7 Å². The predicted molar refractivity (Wildman–Crippen MR) is 74.7 cm³/mol. The Balaban J connectivity index is 2.39. The molecule has 0 amide bonds. The Morgan fingerprint density at radius 1 is 1.35 bits per heavy atom. The van der Waals surface area contributed by atoms with Crippen LogP contribution in [0.3, 0.4) is 0 Å². The van der Waals surface area contributed by atoms with Gasteiger partial charge >= 0.3 is 0 Å². The summed E-state index contributed by atoms with van der Waals surface area (Å²) in [6.07, 6.45) is 0.178. The molecule has 0 aliphatic rings. The van der Waals surface area contributed by atoms with Gasteiger partial charge in [0.25, 0.3) is 0 Å². The number of nitrogens with one attached hydrogen (secondary N) is 1. The second-order valence-electron chi connectivity index (χ2n) is 4.11. The van der Waals surface area contributed by atoms with Crippen molar-refractivity contribution in [3.8, 4) is 0 Å². The second-order valence-corrected chi connectivity index (χ2v) is 5.03. The Labute approximate surface area is 107 Å². The molecule has 0 bridgehead atoms. The van der Waals surface area contributed by atoms with Crippen LogP contribution in [-0.2, 0) is 4.74 Å². The van der Waals surface area contributed by atoms with Crippen LogP contribution >= 0.6 is 11.3 Å². The molecule has 3 heteroatoms. The normalized spacial score (nSPS) is 15.0. The fraction of sp³-hybridized carbons (Fsp3) is 0.429. The highest BCUT2D eigenvalue weighted by atomic mass is 32.1. The fourth-order valence-corrected chi connectivity index (χ4v) is 3.22. The summed E-state index contributed by atoms with van der Waals surface area (Å²) < 4.78 is 7.08. The van der Waals surface area contributed by atoms with Gasteiger partial charge in [-0.3, -0.25) is 0 Å². The van der Waals surface area contributed by atoms with Crippen LogP contribution < -0.4 is 5.32 Å². The molecule has 0 aliphatic heterocycles. The van der Waals surface area contributed by atoms with Gasteiger partial charge in [0.2, 0.25) is 0 Å². The smallest absolute Gasteiger partial charge is 0.0741 e. The van der Waals surface area contributed by atoms with Crippen LogP contribution in [-0.4, -0.2) is 19.8 Å². The SMILES string of the molecule is CCOC(C)C(NC)c1cccc2ccsc12. The number of hydrogen-bond acceptors (Lipinski definition) is 3. The fourth-order valence-electron chi connectivity index (χ4n) is 2.26. The number of benzene rings is 1. The van der Waals surface area contributed by atoms with Crippen LogP contribution in [0.2, 0.25) is 0 Å². The molecule has 2 nitrogen and oxygen atoms in total. The first-order valence-electron chi connectivity index (χ1n) is 6.03. The van der Waals surface area contributed by atoms with Gasteiger partial charge in [0.05, 0.1) is 12.1 Å². The molecule has 2 rings (SSSR count). The third kappa shape index (κ3) is 2.51. The molecule has 1 N–H and O–H groups in total. The molecule has 0 spiro atoms. The van der Waals surface area contributed by atoms with Crippen molar-refractivity contribution in [1.29, 1.82) is 0 Å². The molecule has 0 fully saturated rings. The van der Waals surface area contributed by atoms with Gasteiger partial charge in [-0.1, -0.05) is 18.2 Å². The van der Waals surface area contributed by atoms with Crippen LogP contribution in [0, 0.1) is 0 Å². The van der Waals surface area contributed by atoms with Crippen LogP contribution in [0.1, 0.15) is 25.5 Å². The maximum Gasteiger partial charge on any atom is 0.0741 e. The molecule has 0 saturated heterocycles. The lowest BCUT2D eigenvalue weighted by molar-refractivity contribution is 0.0497. The number of ether oxygens (including phenoxy) is 1. The van der Waals surface area contributed by atoms with Crippen molar-refractivity contribution in [2.24, 2.45) is 0 Å². The average Bonchev–Trinajstić information content (AvgIpc) is 2.79. The van der Waals surface area contributed by atoms with E-state index in [4.69, 9.17) is 4.74 Å². The van der Waals surface area contributed by atoms with E-state index >= 15 is 0 Å². The Hall–Kier alpha value is -0.900. The first-order chi connectivity index (χ1) is 8.27. The lowest BCUT2D eigenvalue weighted by atomic mass is 10.0. The molecule has 0 saturated carbocycles. The minimum atomic E-state index is 0.178. The summed E-state index contributed by atoms with van der Waals surface area (Å²) in [5.74, 6) is 0. The van der Waals surface area contributed by atoms with E-state index in [9.17, 15) is 0 Å². The van der Waals surface area contributed by atoms with Crippen molar-refractivity contribution in [2.45, 2.75) is 26.0 Å². The number of thiophene rings is 1. The summed E-state index contributed by atoms with van der Waals surface area (Å²) in [7, 11) is 1.99. The van der Waals surface area contributed by atoms with E-state index in [-0.39, 0.29) is 12.1 Å². The van der Waals surface area contributed by atoms with Crippen LogP contribution in [0.15, 0.2) is 29.6 Å². The summed E-state index contributed by atoms with van der Waals surface area (Å²) >= 11 is 1.80. The Morgan fingerprint density at radius 2 is 2.18 bits per heavy atom. The first-order valence-corrected chi connectivity index (χ1v) is 6.91. The Kier molecular flexibility index (Phi) is 4.15. The number of fused-ring (bicyclic) bond motifs is 1. The maximum atomic E-state index is 5.72. The van der Waals surface area contributed by atoms with Crippen molar-refractivity contribution in [1.82, 2.24) is 5.32 Å².